The standard InChI is InChI=1S/C29H29BrClNO4/c1-3-32-21-6-4-8-23(33)27(21)26(28-22(32)7-5-9-24(28)34)18-14-20(31)29(25(15-18)35-2)36-16-17-10-12-19(30)13-11-17/h10-15,26H,3-9,16H2,1-2H3. The summed E-state index contributed by atoms with van der Waals surface area (Å²) < 4.78 is 12.8. The van der Waals surface area contributed by atoms with E-state index in [0.29, 0.717) is 36.0 Å². The average molecular weight is 571 g/mol. The number of rotatable bonds is 6. The second kappa shape index (κ2) is 10.4. The van der Waals surface area contributed by atoms with Crippen LogP contribution in [0.1, 0.15) is 62.5 Å². The summed E-state index contributed by atoms with van der Waals surface area (Å²) >= 11 is 10.2. The highest BCUT2D eigenvalue weighted by atomic mass is 79.9. The number of carbonyl (C=O) groups is 2. The SMILES string of the molecule is CCN1C2=C(C(=O)CCC2)C(c2cc(Cl)c(OCc3ccc(Br)cc3)c(OC)c2)C2=C1CCCC2=O. The minimum Gasteiger partial charge on any atom is -0.493 e. The third-order valence-corrected chi connectivity index (χ3v) is 8.09. The number of hydrogen-bond donors (Lipinski definition) is 0. The van der Waals surface area contributed by atoms with Gasteiger partial charge in [0.2, 0.25) is 0 Å². The summed E-state index contributed by atoms with van der Waals surface area (Å²) in [5.74, 6) is 0.754. The molecular formula is C29H29BrClNO4. The Labute approximate surface area is 225 Å². The molecule has 5 nitrogen and oxygen atoms in total. The molecule has 0 fully saturated rings. The number of benzene rings is 2. The van der Waals surface area contributed by atoms with Crippen molar-refractivity contribution in [3.8, 4) is 11.5 Å². The average Bonchev–Trinajstić information content (AvgIpc) is 2.87. The van der Waals surface area contributed by atoms with Gasteiger partial charge in [0.1, 0.15) is 6.61 Å². The van der Waals surface area contributed by atoms with Gasteiger partial charge in [-0.25, -0.2) is 0 Å². The summed E-state index contributed by atoms with van der Waals surface area (Å²) in [6.45, 7) is 3.17. The van der Waals surface area contributed by atoms with E-state index in [4.69, 9.17) is 21.1 Å². The Hall–Kier alpha value is -2.57. The van der Waals surface area contributed by atoms with Crippen LogP contribution in [-0.2, 0) is 16.2 Å². The maximum atomic E-state index is 13.3. The molecule has 0 N–H and O–H groups in total. The molecule has 3 aliphatic rings. The highest BCUT2D eigenvalue weighted by Gasteiger charge is 2.43. The molecule has 188 valence electrons. The van der Waals surface area contributed by atoms with Crippen LogP contribution in [0.4, 0.5) is 0 Å². The predicted molar refractivity (Wildman–Crippen MR) is 143 cm³/mol. The van der Waals surface area contributed by atoms with Gasteiger partial charge in [-0.2, -0.15) is 0 Å². The number of carbonyl (C=O) groups excluding carboxylic acids is 2. The summed E-state index contributed by atoms with van der Waals surface area (Å²) in [5, 5.41) is 0.398. The van der Waals surface area contributed by atoms with Crippen molar-refractivity contribution in [2.75, 3.05) is 13.7 Å². The van der Waals surface area contributed by atoms with Crippen molar-refractivity contribution in [2.24, 2.45) is 0 Å². The molecule has 0 atom stereocenters. The van der Waals surface area contributed by atoms with Gasteiger partial charge in [-0.1, -0.05) is 39.7 Å². The van der Waals surface area contributed by atoms with Gasteiger partial charge in [0.05, 0.1) is 12.1 Å². The molecule has 1 heterocycles. The molecule has 0 saturated heterocycles. The van der Waals surface area contributed by atoms with E-state index < -0.39 is 5.92 Å². The maximum absolute atomic E-state index is 13.3. The van der Waals surface area contributed by atoms with E-state index in [2.05, 4.69) is 27.8 Å². The van der Waals surface area contributed by atoms with E-state index in [9.17, 15) is 9.59 Å². The smallest absolute Gasteiger partial charge is 0.180 e. The minimum absolute atomic E-state index is 0.121. The molecule has 0 saturated carbocycles. The zero-order valence-corrected chi connectivity index (χ0v) is 22.9. The van der Waals surface area contributed by atoms with Gasteiger partial charge in [-0.05, 0) is 68.0 Å². The predicted octanol–water partition coefficient (Wildman–Crippen LogP) is 7.12. The highest BCUT2D eigenvalue weighted by Crippen LogP contribution is 2.51. The van der Waals surface area contributed by atoms with Crippen molar-refractivity contribution in [3.05, 3.63) is 79.6 Å². The fraction of sp³-hybridized carbons (Fsp3) is 0.379. The van der Waals surface area contributed by atoms with E-state index in [0.717, 1.165) is 70.4 Å². The topological polar surface area (TPSA) is 55.8 Å². The summed E-state index contributed by atoms with van der Waals surface area (Å²) in [6.07, 6.45) is 4.37. The van der Waals surface area contributed by atoms with Gasteiger partial charge in [-0.15, -0.1) is 0 Å². The van der Waals surface area contributed by atoms with Gasteiger partial charge < -0.3 is 14.4 Å². The zero-order valence-electron chi connectivity index (χ0n) is 20.5. The first kappa shape index (κ1) is 25.1. The van der Waals surface area contributed by atoms with Crippen LogP contribution in [0.25, 0.3) is 0 Å². The van der Waals surface area contributed by atoms with E-state index in [1.165, 1.54) is 0 Å². The summed E-state index contributed by atoms with van der Waals surface area (Å²) in [4.78, 5) is 28.9. The van der Waals surface area contributed by atoms with Crippen molar-refractivity contribution in [3.63, 3.8) is 0 Å². The van der Waals surface area contributed by atoms with Crippen LogP contribution < -0.4 is 9.47 Å². The number of ether oxygens (including phenoxy) is 2. The number of nitrogens with zero attached hydrogens (tertiary/aromatic N) is 1. The molecule has 0 aromatic heterocycles. The molecule has 0 spiro atoms. The molecule has 2 aliphatic carbocycles. The van der Waals surface area contributed by atoms with Crippen LogP contribution in [-0.4, -0.2) is 30.1 Å². The van der Waals surface area contributed by atoms with Crippen LogP contribution in [0.5, 0.6) is 11.5 Å². The van der Waals surface area contributed by atoms with Gasteiger partial charge in [0.25, 0.3) is 0 Å². The van der Waals surface area contributed by atoms with Crippen LogP contribution in [0, 0.1) is 0 Å². The van der Waals surface area contributed by atoms with E-state index in [1.54, 1.807) is 7.11 Å². The Kier molecular flexibility index (Phi) is 7.27. The number of allylic oxidation sites excluding steroid dienone is 4. The molecule has 7 heteroatoms. The maximum Gasteiger partial charge on any atom is 0.180 e. The lowest BCUT2D eigenvalue weighted by molar-refractivity contribution is -0.117. The molecule has 2 aromatic rings. The molecule has 36 heavy (non-hydrogen) atoms. The van der Waals surface area contributed by atoms with E-state index in [-0.39, 0.29) is 11.6 Å². The van der Waals surface area contributed by atoms with Crippen molar-refractivity contribution in [2.45, 2.75) is 58.0 Å². The van der Waals surface area contributed by atoms with E-state index in [1.807, 2.05) is 36.4 Å². The largest absolute Gasteiger partial charge is 0.493 e. The lowest BCUT2D eigenvalue weighted by Crippen LogP contribution is -2.39. The third-order valence-electron chi connectivity index (χ3n) is 7.28. The summed E-state index contributed by atoms with van der Waals surface area (Å²) in [5.41, 5.74) is 5.43. The molecule has 2 aromatic carbocycles. The lowest BCUT2D eigenvalue weighted by Gasteiger charge is -2.43. The molecule has 0 radical (unpaired) electrons. The fourth-order valence-electron chi connectivity index (χ4n) is 5.71. The number of ketones is 2. The first-order valence-electron chi connectivity index (χ1n) is 12.5. The van der Waals surface area contributed by atoms with Crippen molar-refractivity contribution < 1.29 is 19.1 Å². The second-order valence-corrected chi connectivity index (χ2v) is 10.7. The van der Waals surface area contributed by atoms with E-state index >= 15 is 0 Å². The first-order valence-corrected chi connectivity index (χ1v) is 13.6. The minimum atomic E-state index is -0.426. The Bertz CT molecular complexity index is 1240. The van der Waals surface area contributed by atoms with Gasteiger partial charge in [0.15, 0.2) is 23.1 Å². The highest BCUT2D eigenvalue weighted by molar-refractivity contribution is 9.10. The number of methoxy groups -OCH3 is 1. The molecule has 0 bridgehead atoms. The molecule has 0 unspecified atom stereocenters. The first-order chi connectivity index (χ1) is 17.4. The molecular weight excluding hydrogens is 542 g/mol. The number of halogens is 2. The third kappa shape index (κ3) is 4.50. The van der Waals surface area contributed by atoms with Crippen LogP contribution in [0.15, 0.2) is 63.4 Å². The lowest BCUT2D eigenvalue weighted by atomic mass is 9.71. The molecule has 5 rings (SSSR count). The second-order valence-electron chi connectivity index (χ2n) is 9.40. The van der Waals surface area contributed by atoms with Gasteiger partial charge in [0, 0.05) is 52.3 Å². The van der Waals surface area contributed by atoms with Gasteiger partial charge in [-0.3, -0.25) is 9.59 Å². The van der Waals surface area contributed by atoms with Gasteiger partial charge >= 0.3 is 0 Å². The van der Waals surface area contributed by atoms with Crippen LogP contribution >= 0.6 is 27.5 Å². The Balaban J connectivity index is 1.59. The van der Waals surface area contributed by atoms with Crippen molar-refractivity contribution in [1.82, 2.24) is 4.90 Å². The zero-order chi connectivity index (χ0) is 25.4. The molecule has 0 amide bonds. The fourth-order valence-corrected chi connectivity index (χ4v) is 6.25. The normalized spacial score (nSPS) is 18.4. The number of hydrogen-bond acceptors (Lipinski definition) is 5. The quantitative estimate of drug-likeness (QED) is 0.370. The monoisotopic (exact) mass is 569 g/mol. The summed E-state index contributed by atoms with van der Waals surface area (Å²) in [6, 6.07) is 11.6. The molecule has 1 aliphatic heterocycles. The van der Waals surface area contributed by atoms with Crippen LogP contribution in [0.2, 0.25) is 5.02 Å². The Morgan fingerprint density at radius 1 is 0.972 bits per heavy atom. The summed E-state index contributed by atoms with van der Waals surface area (Å²) in [7, 11) is 1.58. The Morgan fingerprint density at radius 3 is 2.14 bits per heavy atom. The van der Waals surface area contributed by atoms with Crippen LogP contribution in [0.3, 0.4) is 0 Å². The van der Waals surface area contributed by atoms with Crippen molar-refractivity contribution >= 4 is 39.1 Å². The number of Topliss-reactive ketones (excluding diaryl/α,β-unsaturated/α-hetero) is 2. The van der Waals surface area contributed by atoms with Crippen molar-refractivity contribution in [1.29, 1.82) is 0 Å². The Morgan fingerprint density at radius 2 is 1.58 bits per heavy atom.